The summed E-state index contributed by atoms with van der Waals surface area (Å²) in [5, 5.41) is 1.19. The summed E-state index contributed by atoms with van der Waals surface area (Å²) < 4.78 is 18.9. The zero-order valence-corrected chi connectivity index (χ0v) is 19.5. The molecule has 3 aromatic rings. The summed E-state index contributed by atoms with van der Waals surface area (Å²) in [4.78, 5) is 9.64. The normalized spacial score (nSPS) is 16.5. The third-order valence-electron chi connectivity index (χ3n) is 6.10. The number of ether oxygens (including phenoxy) is 3. The van der Waals surface area contributed by atoms with E-state index in [4.69, 9.17) is 14.2 Å². The minimum Gasteiger partial charge on any atom is -0.494 e. The number of piperazine rings is 1. The number of unbranched alkanes of at least 4 members (excludes halogenated alkanes) is 1. The predicted octanol–water partition coefficient (Wildman–Crippen LogP) is 4.61. The first kappa shape index (κ1) is 21.3. The predicted molar refractivity (Wildman–Crippen MR) is 130 cm³/mol. The smallest absolute Gasteiger partial charge is 0.184 e. The molecular weight excluding hydrogens is 422 g/mol. The Balaban J connectivity index is 1.04. The molecule has 0 bridgehead atoms. The third kappa shape index (κ3) is 4.79. The number of para-hydroxylation sites is 1. The first-order valence-corrected chi connectivity index (χ1v) is 12.5. The van der Waals surface area contributed by atoms with Gasteiger partial charge in [0.15, 0.2) is 11.5 Å². The van der Waals surface area contributed by atoms with E-state index >= 15 is 0 Å². The Labute approximate surface area is 193 Å². The van der Waals surface area contributed by atoms with E-state index in [1.165, 1.54) is 15.4 Å². The maximum absolute atomic E-state index is 5.99. The summed E-state index contributed by atoms with van der Waals surface area (Å²) in [7, 11) is 0. The molecule has 0 saturated carbocycles. The lowest BCUT2D eigenvalue weighted by Crippen LogP contribution is -2.46. The van der Waals surface area contributed by atoms with Crippen molar-refractivity contribution >= 4 is 27.2 Å². The van der Waals surface area contributed by atoms with Gasteiger partial charge in [0.1, 0.15) is 19.0 Å². The molecule has 1 fully saturated rings. The Morgan fingerprint density at radius 3 is 2.78 bits per heavy atom. The van der Waals surface area contributed by atoms with Crippen LogP contribution in [0.15, 0.2) is 36.4 Å². The summed E-state index contributed by atoms with van der Waals surface area (Å²) in [5.74, 6) is 2.71. The molecule has 0 radical (unpaired) electrons. The van der Waals surface area contributed by atoms with Crippen LogP contribution in [0, 0.1) is 0 Å². The molecule has 170 valence electrons. The highest BCUT2D eigenvalue weighted by molar-refractivity contribution is 7.18. The van der Waals surface area contributed by atoms with Crippen LogP contribution >= 0.6 is 11.3 Å². The fraction of sp³-hybridized carbons (Fsp3) is 0.480. The van der Waals surface area contributed by atoms with Crippen LogP contribution in [-0.4, -0.2) is 62.4 Å². The number of thiazole rings is 1. The van der Waals surface area contributed by atoms with Gasteiger partial charge in [-0.25, -0.2) is 4.98 Å². The molecule has 7 heteroatoms. The zero-order valence-electron chi connectivity index (χ0n) is 18.7. The number of hydrogen-bond acceptors (Lipinski definition) is 7. The van der Waals surface area contributed by atoms with Crippen LogP contribution in [0.5, 0.6) is 17.2 Å². The van der Waals surface area contributed by atoms with Crippen LogP contribution < -0.4 is 19.1 Å². The van der Waals surface area contributed by atoms with Crippen LogP contribution in [0.1, 0.15) is 24.8 Å². The van der Waals surface area contributed by atoms with Gasteiger partial charge in [-0.15, -0.1) is 11.3 Å². The van der Waals surface area contributed by atoms with Crippen molar-refractivity contribution in [2.75, 3.05) is 57.4 Å². The highest BCUT2D eigenvalue weighted by Crippen LogP contribution is 2.39. The van der Waals surface area contributed by atoms with Gasteiger partial charge in [0.2, 0.25) is 0 Å². The van der Waals surface area contributed by atoms with Gasteiger partial charge in [-0.3, -0.25) is 4.90 Å². The molecule has 0 aliphatic carbocycles. The molecule has 3 heterocycles. The summed E-state index contributed by atoms with van der Waals surface area (Å²) in [5.41, 5.74) is 2.22. The van der Waals surface area contributed by atoms with Crippen LogP contribution in [0.2, 0.25) is 0 Å². The van der Waals surface area contributed by atoms with E-state index in [-0.39, 0.29) is 0 Å². The van der Waals surface area contributed by atoms with Gasteiger partial charge in [-0.05, 0) is 50.1 Å². The van der Waals surface area contributed by atoms with Crippen LogP contribution in [-0.2, 0) is 6.42 Å². The molecule has 2 aliphatic rings. The first-order chi connectivity index (χ1) is 15.8. The maximum Gasteiger partial charge on any atom is 0.184 e. The summed E-state index contributed by atoms with van der Waals surface area (Å²) >= 11 is 1.77. The average molecular weight is 454 g/mol. The largest absolute Gasteiger partial charge is 0.494 e. The molecule has 0 unspecified atom stereocenters. The third-order valence-corrected chi connectivity index (χ3v) is 7.28. The number of anilines is 1. The average Bonchev–Trinajstić information content (AvgIpc) is 3.26. The summed E-state index contributed by atoms with van der Waals surface area (Å²) in [6.45, 7) is 9.47. The van der Waals surface area contributed by atoms with Gasteiger partial charge in [0.05, 0.1) is 27.5 Å². The Hall–Kier alpha value is -2.51. The summed E-state index contributed by atoms with van der Waals surface area (Å²) in [6, 6.07) is 12.5. The topological polar surface area (TPSA) is 47.1 Å². The van der Waals surface area contributed by atoms with Gasteiger partial charge < -0.3 is 19.1 Å². The molecule has 0 spiro atoms. The number of aromatic nitrogens is 1. The van der Waals surface area contributed by atoms with Crippen molar-refractivity contribution in [1.82, 2.24) is 9.88 Å². The Bertz CT molecular complexity index is 1050. The van der Waals surface area contributed by atoms with Gasteiger partial charge in [-0.1, -0.05) is 13.0 Å². The SMILES string of the molecule is CCc1nc2cc(OCCCCN3CCN(c4cccc5c4OCCO5)CC3)ccc2s1. The molecular formula is C25H31N3O3S. The molecule has 2 aromatic carbocycles. The zero-order chi connectivity index (χ0) is 21.8. The molecule has 5 rings (SSSR count). The number of fused-ring (bicyclic) bond motifs is 2. The van der Waals surface area contributed by atoms with E-state index in [9.17, 15) is 0 Å². The van der Waals surface area contributed by atoms with E-state index in [1.807, 2.05) is 6.07 Å². The van der Waals surface area contributed by atoms with Crippen LogP contribution in [0.3, 0.4) is 0 Å². The van der Waals surface area contributed by atoms with Gasteiger partial charge >= 0.3 is 0 Å². The number of hydrogen-bond donors (Lipinski definition) is 0. The second-order valence-corrected chi connectivity index (χ2v) is 9.39. The minimum atomic E-state index is 0.628. The van der Waals surface area contributed by atoms with Gasteiger partial charge in [0, 0.05) is 32.2 Å². The second kappa shape index (κ2) is 9.96. The van der Waals surface area contributed by atoms with E-state index in [2.05, 4.69) is 52.0 Å². The molecule has 0 N–H and O–H groups in total. The molecule has 2 aliphatic heterocycles. The lowest BCUT2D eigenvalue weighted by Gasteiger charge is -2.37. The molecule has 0 atom stereocenters. The first-order valence-electron chi connectivity index (χ1n) is 11.7. The molecule has 0 amide bonds. The Morgan fingerprint density at radius 2 is 1.91 bits per heavy atom. The van der Waals surface area contributed by atoms with E-state index in [1.54, 1.807) is 11.3 Å². The quantitative estimate of drug-likeness (QED) is 0.464. The lowest BCUT2D eigenvalue weighted by atomic mass is 10.2. The Kier molecular flexibility index (Phi) is 6.64. The highest BCUT2D eigenvalue weighted by Gasteiger charge is 2.23. The number of aryl methyl sites for hydroxylation is 1. The highest BCUT2D eigenvalue weighted by atomic mass is 32.1. The fourth-order valence-corrected chi connectivity index (χ4v) is 5.23. The second-order valence-electron chi connectivity index (χ2n) is 8.28. The van der Waals surface area contributed by atoms with Crippen molar-refractivity contribution in [2.24, 2.45) is 0 Å². The minimum absolute atomic E-state index is 0.628. The standard InChI is InChI=1S/C25H31N3O3S/c1-2-24-26-20-18-19(8-9-23(20)32-24)29-15-4-3-10-27-11-13-28(14-12-27)21-6-5-7-22-25(21)31-17-16-30-22/h5-9,18H,2-4,10-17H2,1H3. The molecule has 1 saturated heterocycles. The van der Waals surface area contributed by atoms with Crippen molar-refractivity contribution < 1.29 is 14.2 Å². The number of rotatable bonds is 8. The van der Waals surface area contributed by atoms with Crippen LogP contribution in [0.25, 0.3) is 10.2 Å². The molecule has 32 heavy (non-hydrogen) atoms. The van der Waals surface area contributed by atoms with Crippen LogP contribution in [0.4, 0.5) is 5.69 Å². The number of benzene rings is 2. The molecule has 1 aromatic heterocycles. The van der Waals surface area contributed by atoms with E-state index in [0.717, 1.165) is 81.4 Å². The van der Waals surface area contributed by atoms with Crippen molar-refractivity contribution in [3.63, 3.8) is 0 Å². The molecule has 6 nitrogen and oxygen atoms in total. The van der Waals surface area contributed by atoms with Crippen molar-refractivity contribution in [2.45, 2.75) is 26.2 Å². The number of nitrogens with zero attached hydrogens (tertiary/aromatic N) is 3. The van der Waals surface area contributed by atoms with Gasteiger partial charge in [-0.2, -0.15) is 0 Å². The fourth-order valence-electron chi connectivity index (χ4n) is 4.34. The van der Waals surface area contributed by atoms with E-state index < -0.39 is 0 Å². The van der Waals surface area contributed by atoms with E-state index in [0.29, 0.717) is 13.2 Å². The van der Waals surface area contributed by atoms with Crippen molar-refractivity contribution in [1.29, 1.82) is 0 Å². The monoisotopic (exact) mass is 453 g/mol. The van der Waals surface area contributed by atoms with Crippen molar-refractivity contribution in [3.05, 3.63) is 41.4 Å². The van der Waals surface area contributed by atoms with Gasteiger partial charge in [0.25, 0.3) is 0 Å². The maximum atomic E-state index is 5.99. The Morgan fingerprint density at radius 1 is 1.03 bits per heavy atom. The summed E-state index contributed by atoms with van der Waals surface area (Å²) in [6.07, 6.45) is 3.20. The lowest BCUT2D eigenvalue weighted by molar-refractivity contribution is 0.171. The van der Waals surface area contributed by atoms with Crippen molar-refractivity contribution in [3.8, 4) is 17.2 Å².